The topological polar surface area (TPSA) is 96.7 Å². The number of aryl methyl sites for hydroxylation is 1. The molecule has 0 unspecified atom stereocenters. The van der Waals surface area contributed by atoms with Crippen molar-refractivity contribution < 1.29 is 32.6 Å². The van der Waals surface area contributed by atoms with Gasteiger partial charge in [0.2, 0.25) is 5.88 Å². The summed E-state index contributed by atoms with van der Waals surface area (Å²) in [5.41, 5.74) is 0.825. The number of nitrogens with zero attached hydrogens (tertiary/aromatic N) is 3. The Morgan fingerprint density at radius 1 is 1.03 bits per heavy atom. The van der Waals surface area contributed by atoms with E-state index >= 15 is 0 Å². The minimum absolute atomic E-state index is 0.0519. The molecule has 2 amide bonds. The molecule has 3 aromatic carbocycles. The summed E-state index contributed by atoms with van der Waals surface area (Å²) < 4.78 is 46.1. The normalized spacial score (nSPS) is 11.2. The standard InChI is InChI=1S/C28H25F3N4O4/c1-3-34(20-9-5-4-6-10-20)27(38)21-15-19(14-13-18(21)2)32-25(37)17-39-26-16-24(28(29,30)31)33-35(26)22-11-7-8-12-23(22)36/h4-16,36H,3,17H2,1-2H3,(H,32,37). The molecule has 0 radical (unpaired) electrons. The third-order valence-electron chi connectivity index (χ3n) is 5.81. The van der Waals surface area contributed by atoms with Crippen molar-refractivity contribution in [1.82, 2.24) is 9.78 Å². The van der Waals surface area contributed by atoms with Gasteiger partial charge in [0.15, 0.2) is 12.3 Å². The number of rotatable bonds is 8. The summed E-state index contributed by atoms with van der Waals surface area (Å²) in [7, 11) is 0. The summed E-state index contributed by atoms with van der Waals surface area (Å²) >= 11 is 0. The van der Waals surface area contributed by atoms with Crippen LogP contribution in [0.1, 0.15) is 28.5 Å². The predicted molar refractivity (Wildman–Crippen MR) is 139 cm³/mol. The fourth-order valence-electron chi connectivity index (χ4n) is 3.88. The van der Waals surface area contributed by atoms with Gasteiger partial charge in [-0.05, 0) is 55.8 Å². The highest BCUT2D eigenvalue weighted by atomic mass is 19.4. The highest BCUT2D eigenvalue weighted by Gasteiger charge is 2.36. The fraction of sp³-hybridized carbons (Fsp3) is 0.179. The number of aromatic nitrogens is 2. The van der Waals surface area contributed by atoms with E-state index in [9.17, 15) is 27.9 Å². The number of carbonyl (C=O) groups excluding carboxylic acids is 2. The van der Waals surface area contributed by atoms with Crippen LogP contribution in [0.2, 0.25) is 0 Å². The summed E-state index contributed by atoms with van der Waals surface area (Å²) in [6.07, 6.45) is -4.77. The fourth-order valence-corrected chi connectivity index (χ4v) is 3.88. The summed E-state index contributed by atoms with van der Waals surface area (Å²) in [6, 6.07) is 20.3. The molecule has 2 N–H and O–H groups in total. The lowest BCUT2D eigenvalue weighted by molar-refractivity contribution is -0.141. The van der Waals surface area contributed by atoms with Crippen LogP contribution in [0.5, 0.6) is 11.6 Å². The lowest BCUT2D eigenvalue weighted by atomic mass is 10.1. The highest BCUT2D eigenvalue weighted by Crippen LogP contribution is 2.34. The van der Waals surface area contributed by atoms with E-state index in [-0.39, 0.29) is 23.2 Å². The third kappa shape index (κ3) is 6.20. The van der Waals surface area contributed by atoms with Gasteiger partial charge in [-0.1, -0.05) is 36.4 Å². The molecule has 1 heterocycles. The molecule has 0 aliphatic carbocycles. The van der Waals surface area contributed by atoms with Crippen LogP contribution in [0.4, 0.5) is 24.5 Å². The first-order valence-corrected chi connectivity index (χ1v) is 11.9. The molecule has 0 atom stereocenters. The third-order valence-corrected chi connectivity index (χ3v) is 5.81. The lowest BCUT2D eigenvalue weighted by Crippen LogP contribution is -2.31. The first-order chi connectivity index (χ1) is 18.6. The van der Waals surface area contributed by atoms with Crippen molar-refractivity contribution in [2.75, 3.05) is 23.4 Å². The average Bonchev–Trinajstić information content (AvgIpc) is 3.34. The van der Waals surface area contributed by atoms with Gasteiger partial charge in [-0.25, -0.2) is 0 Å². The zero-order valence-electron chi connectivity index (χ0n) is 21.1. The van der Waals surface area contributed by atoms with Gasteiger partial charge in [-0.2, -0.15) is 23.0 Å². The van der Waals surface area contributed by atoms with E-state index in [1.807, 2.05) is 37.3 Å². The summed E-state index contributed by atoms with van der Waals surface area (Å²) in [5, 5.41) is 16.2. The molecule has 0 aliphatic rings. The van der Waals surface area contributed by atoms with Gasteiger partial charge in [-0.3, -0.25) is 9.59 Å². The first kappa shape index (κ1) is 27.2. The summed E-state index contributed by atoms with van der Waals surface area (Å²) in [6.45, 7) is 3.41. The van der Waals surface area contributed by atoms with Gasteiger partial charge in [0.25, 0.3) is 11.8 Å². The molecule has 11 heteroatoms. The van der Waals surface area contributed by atoms with Crippen LogP contribution < -0.4 is 15.0 Å². The SMILES string of the molecule is CCN(C(=O)c1cc(NC(=O)COc2cc(C(F)(F)F)nn2-c2ccccc2O)ccc1C)c1ccccc1. The van der Waals surface area contributed by atoms with E-state index < -0.39 is 24.4 Å². The molecule has 39 heavy (non-hydrogen) atoms. The highest BCUT2D eigenvalue weighted by molar-refractivity contribution is 6.08. The van der Waals surface area contributed by atoms with Crippen molar-refractivity contribution in [3.63, 3.8) is 0 Å². The van der Waals surface area contributed by atoms with Crippen molar-refractivity contribution in [3.05, 3.63) is 95.7 Å². The zero-order chi connectivity index (χ0) is 28.2. The molecular formula is C28H25F3N4O4. The Hall–Kier alpha value is -4.80. The van der Waals surface area contributed by atoms with Crippen LogP contribution in [0, 0.1) is 6.92 Å². The molecule has 202 valence electrons. The number of ether oxygens (including phenoxy) is 1. The van der Waals surface area contributed by atoms with Gasteiger partial charge in [0, 0.05) is 29.5 Å². The maximum atomic E-state index is 13.3. The number of halogens is 3. The quantitative estimate of drug-likeness (QED) is 0.305. The van der Waals surface area contributed by atoms with E-state index in [0.717, 1.165) is 10.4 Å². The number of benzene rings is 3. The van der Waals surface area contributed by atoms with Crippen LogP contribution in [0.25, 0.3) is 5.69 Å². The second-order valence-electron chi connectivity index (χ2n) is 8.52. The molecule has 4 aromatic rings. The number of carbonyl (C=O) groups is 2. The molecule has 0 saturated carbocycles. The van der Waals surface area contributed by atoms with E-state index in [0.29, 0.717) is 29.4 Å². The Kier molecular flexibility index (Phi) is 7.89. The van der Waals surface area contributed by atoms with Gasteiger partial charge in [0.1, 0.15) is 11.4 Å². The molecule has 8 nitrogen and oxygen atoms in total. The van der Waals surface area contributed by atoms with Crippen molar-refractivity contribution in [1.29, 1.82) is 0 Å². The maximum Gasteiger partial charge on any atom is 0.435 e. The van der Waals surface area contributed by atoms with Gasteiger partial charge in [-0.15, -0.1) is 0 Å². The predicted octanol–water partition coefficient (Wildman–Crippen LogP) is 5.59. The van der Waals surface area contributed by atoms with Gasteiger partial charge in [0.05, 0.1) is 0 Å². The van der Waals surface area contributed by atoms with Crippen molar-refractivity contribution >= 4 is 23.2 Å². The largest absolute Gasteiger partial charge is 0.506 e. The number of nitrogens with one attached hydrogen (secondary N) is 1. The number of amides is 2. The van der Waals surface area contributed by atoms with Crippen LogP contribution >= 0.6 is 0 Å². The molecule has 4 rings (SSSR count). The van der Waals surface area contributed by atoms with Crippen molar-refractivity contribution in [3.8, 4) is 17.3 Å². The maximum absolute atomic E-state index is 13.3. The van der Waals surface area contributed by atoms with Gasteiger partial charge >= 0.3 is 6.18 Å². The number of alkyl halides is 3. The van der Waals surface area contributed by atoms with Crippen molar-refractivity contribution in [2.24, 2.45) is 0 Å². The van der Waals surface area contributed by atoms with Crippen LogP contribution in [0.15, 0.2) is 78.9 Å². The Bertz CT molecular complexity index is 1490. The van der Waals surface area contributed by atoms with Gasteiger partial charge < -0.3 is 20.1 Å². The van der Waals surface area contributed by atoms with Crippen LogP contribution in [0.3, 0.4) is 0 Å². The Morgan fingerprint density at radius 2 is 1.72 bits per heavy atom. The van der Waals surface area contributed by atoms with Crippen molar-refractivity contribution in [2.45, 2.75) is 20.0 Å². The number of aromatic hydroxyl groups is 1. The molecule has 0 spiro atoms. The summed E-state index contributed by atoms with van der Waals surface area (Å²) in [5.74, 6) is -1.64. The number of anilines is 2. The second kappa shape index (κ2) is 11.3. The average molecular weight is 539 g/mol. The minimum Gasteiger partial charge on any atom is -0.506 e. The van der Waals surface area contributed by atoms with E-state index in [1.54, 1.807) is 24.0 Å². The van der Waals surface area contributed by atoms with E-state index in [4.69, 9.17) is 4.74 Å². The number of para-hydroxylation sites is 3. The minimum atomic E-state index is -4.77. The summed E-state index contributed by atoms with van der Waals surface area (Å²) in [4.78, 5) is 27.6. The monoisotopic (exact) mass is 538 g/mol. The first-order valence-electron chi connectivity index (χ1n) is 11.9. The Balaban J connectivity index is 1.51. The molecule has 0 aliphatic heterocycles. The zero-order valence-corrected chi connectivity index (χ0v) is 21.1. The Labute approximate surface area is 222 Å². The van der Waals surface area contributed by atoms with Crippen LogP contribution in [-0.4, -0.2) is 39.9 Å². The Morgan fingerprint density at radius 3 is 2.38 bits per heavy atom. The molecule has 0 saturated heterocycles. The molecule has 0 bridgehead atoms. The number of hydrogen-bond donors (Lipinski definition) is 2. The van der Waals surface area contributed by atoms with E-state index in [2.05, 4.69) is 10.4 Å². The lowest BCUT2D eigenvalue weighted by Gasteiger charge is -2.22. The smallest absolute Gasteiger partial charge is 0.435 e. The van der Waals surface area contributed by atoms with E-state index in [1.165, 1.54) is 30.3 Å². The van der Waals surface area contributed by atoms with Crippen LogP contribution in [-0.2, 0) is 11.0 Å². The number of hydrogen-bond acceptors (Lipinski definition) is 5. The number of phenols is 1. The second-order valence-corrected chi connectivity index (χ2v) is 8.52. The molecular weight excluding hydrogens is 513 g/mol. The molecule has 1 aromatic heterocycles. The number of phenolic OH excluding ortho intramolecular Hbond substituents is 1. The molecule has 0 fully saturated rings.